The van der Waals surface area contributed by atoms with E-state index in [1.54, 1.807) is 0 Å². The second-order valence-electron chi connectivity index (χ2n) is 5.05. The van der Waals surface area contributed by atoms with E-state index in [1.165, 1.54) is 24.9 Å². The molecule has 0 bridgehead atoms. The van der Waals surface area contributed by atoms with Crippen LogP contribution in [0.1, 0.15) is 46.1 Å². The van der Waals surface area contributed by atoms with Crippen LogP contribution in [0.4, 0.5) is 5.82 Å². The summed E-state index contributed by atoms with van der Waals surface area (Å²) in [6.45, 7) is 13.1. The van der Waals surface area contributed by atoms with E-state index in [-0.39, 0.29) is 0 Å². The van der Waals surface area contributed by atoms with Crippen molar-refractivity contribution < 1.29 is 0 Å². The molecule has 1 heterocycles. The van der Waals surface area contributed by atoms with E-state index in [0.717, 1.165) is 31.4 Å². The second-order valence-corrected chi connectivity index (χ2v) is 5.05. The van der Waals surface area contributed by atoms with Crippen molar-refractivity contribution >= 4 is 5.82 Å². The Bertz CT molecular complexity index is 348. The van der Waals surface area contributed by atoms with Gasteiger partial charge in [0, 0.05) is 31.4 Å². The van der Waals surface area contributed by atoms with Crippen LogP contribution >= 0.6 is 0 Å². The summed E-state index contributed by atoms with van der Waals surface area (Å²) in [7, 11) is 0. The van der Waals surface area contributed by atoms with Gasteiger partial charge in [0.25, 0.3) is 0 Å². The van der Waals surface area contributed by atoms with Crippen molar-refractivity contribution in [3.63, 3.8) is 0 Å². The molecule has 3 heteroatoms. The maximum Gasteiger partial charge on any atom is 0.130 e. The summed E-state index contributed by atoms with van der Waals surface area (Å²) in [6.07, 6.45) is 4.39. The molecular formula is C16H29N3. The third-order valence-corrected chi connectivity index (χ3v) is 3.75. The number of pyridine rings is 1. The predicted molar refractivity (Wildman–Crippen MR) is 83.4 cm³/mol. The Balaban J connectivity index is 2.69. The zero-order valence-electron chi connectivity index (χ0n) is 12.9. The van der Waals surface area contributed by atoms with Crippen molar-refractivity contribution in [3.05, 3.63) is 23.9 Å². The Morgan fingerprint density at radius 3 is 2.53 bits per heavy atom. The largest absolute Gasteiger partial charge is 0.370 e. The molecule has 1 aromatic rings. The number of hydrogen-bond acceptors (Lipinski definition) is 3. The molecule has 0 saturated heterocycles. The molecule has 1 N–H and O–H groups in total. The molecule has 0 saturated carbocycles. The highest BCUT2D eigenvalue weighted by atomic mass is 15.1. The van der Waals surface area contributed by atoms with Crippen LogP contribution in [0.3, 0.4) is 0 Å². The summed E-state index contributed by atoms with van der Waals surface area (Å²) in [4.78, 5) is 6.96. The van der Waals surface area contributed by atoms with E-state index in [4.69, 9.17) is 0 Å². The van der Waals surface area contributed by atoms with Crippen LogP contribution in [0.15, 0.2) is 18.3 Å². The van der Waals surface area contributed by atoms with Crippen molar-refractivity contribution in [2.45, 2.75) is 47.1 Å². The molecule has 0 spiro atoms. The van der Waals surface area contributed by atoms with E-state index < -0.39 is 0 Å². The average molecular weight is 263 g/mol. The van der Waals surface area contributed by atoms with Crippen LogP contribution in [0, 0.1) is 5.92 Å². The van der Waals surface area contributed by atoms with Crippen LogP contribution in [0.2, 0.25) is 0 Å². The lowest BCUT2D eigenvalue weighted by atomic mass is 10.0. The normalized spacial score (nSPS) is 11.3. The van der Waals surface area contributed by atoms with Gasteiger partial charge in [-0.3, -0.25) is 4.90 Å². The summed E-state index contributed by atoms with van der Waals surface area (Å²) in [5, 5.41) is 3.35. The molecule has 0 radical (unpaired) electrons. The first-order valence-electron chi connectivity index (χ1n) is 7.65. The monoisotopic (exact) mass is 263 g/mol. The molecule has 108 valence electrons. The van der Waals surface area contributed by atoms with Gasteiger partial charge < -0.3 is 5.32 Å². The van der Waals surface area contributed by atoms with Gasteiger partial charge in [-0.1, -0.05) is 39.7 Å². The summed E-state index contributed by atoms with van der Waals surface area (Å²) in [5.41, 5.74) is 1.30. The molecule has 0 aliphatic rings. The lowest BCUT2D eigenvalue weighted by molar-refractivity contribution is 0.226. The highest BCUT2D eigenvalue weighted by molar-refractivity contribution is 5.43. The first-order valence-corrected chi connectivity index (χ1v) is 7.65. The summed E-state index contributed by atoms with van der Waals surface area (Å²) >= 11 is 0. The van der Waals surface area contributed by atoms with E-state index in [1.807, 2.05) is 12.3 Å². The zero-order chi connectivity index (χ0) is 14.1. The van der Waals surface area contributed by atoms with Crippen molar-refractivity contribution in [1.82, 2.24) is 9.88 Å². The van der Waals surface area contributed by atoms with Crippen LogP contribution < -0.4 is 5.32 Å². The molecule has 1 rings (SSSR count). The van der Waals surface area contributed by atoms with Crippen LogP contribution in [-0.2, 0) is 6.54 Å². The fourth-order valence-corrected chi connectivity index (χ4v) is 2.35. The highest BCUT2D eigenvalue weighted by Crippen LogP contribution is 2.16. The minimum atomic E-state index is 0.805. The van der Waals surface area contributed by atoms with Crippen molar-refractivity contribution in [3.8, 4) is 0 Å². The van der Waals surface area contributed by atoms with Crippen LogP contribution in [0.25, 0.3) is 0 Å². The minimum Gasteiger partial charge on any atom is -0.370 e. The Hall–Kier alpha value is -1.09. The lowest BCUT2D eigenvalue weighted by Gasteiger charge is -2.26. The summed E-state index contributed by atoms with van der Waals surface area (Å²) < 4.78 is 0. The number of nitrogens with one attached hydrogen (secondary N) is 1. The fraction of sp³-hybridized carbons (Fsp3) is 0.688. The Kier molecular flexibility index (Phi) is 7.49. The Morgan fingerprint density at radius 1 is 1.21 bits per heavy atom. The molecule has 0 fully saturated rings. The zero-order valence-corrected chi connectivity index (χ0v) is 12.9. The maximum absolute atomic E-state index is 4.44. The van der Waals surface area contributed by atoms with Crippen molar-refractivity contribution in [1.29, 1.82) is 0 Å². The van der Waals surface area contributed by atoms with Gasteiger partial charge in [-0.05, 0) is 25.5 Å². The standard InChI is InChI=1S/C16H29N3/c1-5-14(6-2)12-19(8-4)13-15-10-9-11-18-16(15)17-7-3/h9-11,14H,5-8,12-13H2,1-4H3,(H,17,18). The lowest BCUT2D eigenvalue weighted by Crippen LogP contribution is -2.29. The number of rotatable bonds is 9. The molecule has 0 aromatic carbocycles. The van der Waals surface area contributed by atoms with Gasteiger partial charge in [0.1, 0.15) is 5.82 Å². The molecule has 19 heavy (non-hydrogen) atoms. The minimum absolute atomic E-state index is 0.805. The van der Waals surface area contributed by atoms with Gasteiger partial charge in [0.15, 0.2) is 0 Å². The predicted octanol–water partition coefficient (Wildman–Crippen LogP) is 3.77. The van der Waals surface area contributed by atoms with Crippen molar-refractivity contribution in [2.24, 2.45) is 5.92 Å². The Labute approximate surface area is 118 Å². The first kappa shape index (κ1) is 16.0. The van der Waals surface area contributed by atoms with Crippen LogP contribution in [0.5, 0.6) is 0 Å². The smallest absolute Gasteiger partial charge is 0.130 e. The molecule has 0 unspecified atom stereocenters. The topological polar surface area (TPSA) is 28.2 Å². The summed E-state index contributed by atoms with van der Waals surface area (Å²) in [5.74, 6) is 1.84. The molecule has 0 amide bonds. The molecule has 0 atom stereocenters. The number of aromatic nitrogens is 1. The van der Waals surface area contributed by atoms with E-state index in [2.05, 4.69) is 49.0 Å². The molecule has 3 nitrogen and oxygen atoms in total. The fourth-order valence-electron chi connectivity index (χ4n) is 2.35. The highest BCUT2D eigenvalue weighted by Gasteiger charge is 2.12. The van der Waals surface area contributed by atoms with Gasteiger partial charge in [-0.2, -0.15) is 0 Å². The number of nitrogens with zero attached hydrogens (tertiary/aromatic N) is 2. The number of anilines is 1. The maximum atomic E-state index is 4.44. The van der Waals surface area contributed by atoms with Gasteiger partial charge in [0.05, 0.1) is 0 Å². The molecule has 0 aliphatic heterocycles. The van der Waals surface area contributed by atoms with Crippen molar-refractivity contribution in [2.75, 3.05) is 25.0 Å². The van der Waals surface area contributed by atoms with Gasteiger partial charge >= 0.3 is 0 Å². The van der Waals surface area contributed by atoms with E-state index in [9.17, 15) is 0 Å². The quantitative estimate of drug-likeness (QED) is 0.735. The SMILES string of the molecule is CCNc1ncccc1CN(CC)CC(CC)CC. The van der Waals surface area contributed by atoms with E-state index >= 15 is 0 Å². The van der Waals surface area contributed by atoms with Gasteiger partial charge in [0.2, 0.25) is 0 Å². The third kappa shape index (κ3) is 5.19. The van der Waals surface area contributed by atoms with Gasteiger partial charge in [-0.15, -0.1) is 0 Å². The van der Waals surface area contributed by atoms with Gasteiger partial charge in [-0.25, -0.2) is 4.98 Å². The third-order valence-electron chi connectivity index (χ3n) is 3.75. The molecule has 0 aliphatic carbocycles. The Morgan fingerprint density at radius 2 is 1.95 bits per heavy atom. The van der Waals surface area contributed by atoms with E-state index in [0.29, 0.717) is 0 Å². The number of hydrogen-bond donors (Lipinski definition) is 1. The average Bonchev–Trinajstić information content (AvgIpc) is 2.45. The second kappa shape index (κ2) is 8.92. The van der Waals surface area contributed by atoms with Crippen LogP contribution in [-0.4, -0.2) is 29.5 Å². The molecule has 1 aromatic heterocycles. The molecular weight excluding hydrogens is 234 g/mol. The first-order chi connectivity index (χ1) is 9.24. The summed E-state index contributed by atoms with van der Waals surface area (Å²) in [6, 6.07) is 4.21.